The first kappa shape index (κ1) is 18.7. The highest BCUT2D eigenvalue weighted by atomic mass is 19.1. The van der Waals surface area contributed by atoms with E-state index in [2.05, 4.69) is 27.4 Å². The molecule has 27 heavy (non-hydrogen) atoms. The smallest absolute Gasteiger partial charge is 0.191 e. The van der Waals surface area contributed by atoms with Gasteiger partial charge in [0, 0.05) is 43.7 Å². The number of aliphatic imine (C=N–C) groups is 1. The SMILES string of the molecule is CCN=C(NC1CCN(C2CCCC2)CC1)NC1CC1c1ccccc1F. The van der Waals surface area contributed by atoms with Gasteiger partial charge in [-0.1, -0.05) is 31.0 Å². The Morgan fingerprint density at radius 1 is 1.11 bits per heavy atom. The van der Waals surface area contributed by atoms with E-state index in [1.54, 1.807) is 12.1 Å². The van der Waals surface area contributed by atoms with Gasteiger partial charge >= 0.3 is 0 Å². The van der Waals surface area contributed by atoms with E-state index in [0.717, 1.165) is 30.5 Å². The summed E-state index contributed by atoms with van der Waals surface area (Å²) in [5.41, 5.74) is 0.829. The number of hydrogen-bond acceptors (Lipinski definition) is 2. The summed E-state index contributed by atoms with van der Waals surface area (Å²) in [6.07, 6.45) is 8.94. The lowest BCUT2D eigenvalue weighted by atomic mass is 10.0. The van der Waals surface area contributed by atoms with Crippen LogP contribution in [0.15, 0.2) is 29.3 Å². The molecule has 2 aliphatic carbocycles. The Balaban J connectivity index is 1.27. The third-order valence-corrected chi connectivity index (χ3v) is 6.44. The standard InChI is InChI=1S/C22H33FN4/c1-2-24-22(26-21-15-19(21)18-9-5-6-10-20(18)23)25-16-11-13-27(14-12-16)17-7-3-4-8-17/h5-6,9-10,16-17,19,21H,2-4,7-8,11-15H2,1H3,(H2,24,25,26). The molecule has 5 heteroatoms. The predicted molar refractivity (Wildman–Crippen MR) is 109 cm³/mol. The zero-order valence-corrected chi connectivity index (χ0v) is 16.5. The molecule has 2 unspecified atom stereocenters. The molecule has 1 aromatic carbocycles. The normalized spacial score (nSPS) is 27.7. The third kappa shape index (κ3) is 4.63. The van der Waals surface area contributed by atoms with Crippen molar-refractivity contribution in [2.24, 2.45) is 4.99 Å². The molecule has 4 rings (SSSR count). The van der Waals surface area contributed by atoms with Crippen LogP contribution in [0, 0.1) is 5.82 Å². The minimum atomic E-state index is -0.0898. The molecule has 1 saturated heterocycles. The number of rotatable bonds is 5. The number of nitrogens with one attached hydrogen (secondary N) is 2. The van der Waals surface area contributed by atoms with Crippen LogP contribution < -0.4 is 10.6 Å². The van der Waals surface area contributed by atoms with E-state index < -0.39 is 0 Å². The van der Waals surface area contributed by atoms with E-state index in [9.17, 15) is 4.39 Å². The second-order valence-electron chi connectivity index (χ2n) is 8.33. The van der Waals surface area contributed by atoms with Gasteiger partial charge < -0.3 is 15.5 Å². The molecule has 1 heterocycles. The van der Waals surface area contributed by atoms with Crippen molar-refractivity contribution in [3.8, 4) is 0 Å². The lowest BCUT2D eigenvalue weighted by molar-refractivity contribution is 0.150. The molecule has 0 bridgehead atoms. The van der Waals surface area contributed by atoms with Crippen LogP contribution in [0.25, 0.3) is 0 Å². The summed E-state index contributed by atoms with van der Waals surface area (Å²) in [5, 5.41) is 7.18. The maximum absolute atomic E-state index is 14.0. The molecule has 2 N–H and O–H groups in total. The summed E-state index contributed by atoms with van der Waals surface area (Å²) in [5.74, 6) is 1.08. The van der Waals surface area contributed by atoms with Crippen molar-refractivity contribution >= 4 is 5.96 Å². The second kappa shape index (κ2) is 8.59. The van der Waals surface area contributed by atoms with E-state index in [1.165, 1.54) is 51.6 Å². The molecule has 0 aromatic heterocycles. The topological polar surface area (TPSA) is 39.7 Å². The van der Waals surface area contributed by atoms with Crippen molar-refractivity contribution in [2.75, 3.05) is 19.6 Å². The Kier molecular flexibility index (Phi) is 5.96. The number of piperidine rings is 1. The lowest BCUT2D eigenvalue weighted by Crippen LogP contribution is -2.50. The summed E-state index contributed by atoms with van der Waals surface area (Å²) in [7, 11) is 0. The number of benzene rings is 1. The summed E-state index contributed by atoms with van der Waals surface area (Å²) in [6.45, 7) is 5.21. The molecular formula is C22H33FN4. The maximum atomic E-state index is 14.0. The number of hydrogen-bond donors (Lipinski definition) is 2. The van der Waals surface area contributed by atoms with E-state index >= 15 is 0 Å². The molecule has 2 atom stereocenters. The summed E-state index contributed by atoms with van der Waals surface area (Å²) in [6, 6.07) is 8.76. The molecular weight excluding hydrogens is 339 g/mol. The van der Waals surface area contributed by atoms with Gasteiger partial charge in [-0.25, -0.2) is 4.39 Å². The predicted octanol–water partition coefficient (Wildman–Crippen LogP) is 3.64. The van der Waals surface area contributed by atoms with Crippen LogP contribution in [0.2, 0.25) is 0 Å². The van der Waals surface area contributed by atoms with Crippen LogP contribution in [-0.4, -0.2) is 48.6 Å². The number of nitrogens with zero attached hydrogens (tertiary/aromatic N) is 2. The lowest BCUT2D eigenvalue weighted by Gasteiger charge is -2.36. The maximum Gasteiger partial charge on any atom is 0.191 e. The van der Waals surface area contributed by atoms with Gasteiger partial charge in [-0.2, -0.15) is 0 Å². The van der Waals surface area contributed by atoms with E-state index in [1.807, 2.05) is 12.1 Å². The molecule has 2 saturated carbocycles. The van der Waals surface area contributed by atoms with Crippen molar-refractivity contribution in [2.45, 2.75) is 75.9 Å². The minimum absolute atomic E-state index is 0.0898. The van der Waals surface area contributed by atoms with Crippen LogP contribution in [0.3, 0.4) is 0 Å². The van der Waals surface area contributed by atoms with Crippen molar-refractivity contribution in [3.63, 3.8) is 0 Å². The van der Waals surface area contributed by atoms with Crippen LogP contribution in [0.1, 0.15) is 63.4 Å². The third-order valence-electron chi connectivity index (χ3n) is 6.44. The van der Waals surface area contributed by atoms with Crippen molar-refractivity contribution < 1.29 is 4.39 Å². The number of guanidine groups is 1. The van der Waals surface area contributed by atoms with Gasteiger partial charge in [0.25, 0.3) is 0 Å². The van der Waals surface area contributed by atoms with Gasteiger partial charge in [0.05, 0.1) is 0 Å². The highest BCUT2D eigenvalue weighted by Crippen LogP contribution is 2.41. The van der Waals surface area contributed by atoms with Crippen molar-refractivity contribution in [1.82, 2.24) is 15.5 Å². The number of likely N-dealkylation sites (tertiary alicyclic amines) is 1. The minimum Gasteiger partial charge on any atom is -0.354 e. The quantitative estimate of drug-likeness (QED) is 0.612. The highest BCUT2D eigenvalue weighted by Gasteiger charge is 2.40. The molecule has 0 spiro atoms. The molecule has 1 aromatic rings. The average Bonchev–Trinajstić information content (AvgIpc) is 3.21. The fraction of sp³-hybridized carbons (Fsp3) is 0.682. The van der Waals surface area contributed by atoms with E-state index in [-0.39, 0.29) is 11.7 Å². The Bertz CT molecular complexity index is 647. The largest absolute Gasteiger partial charge is 0.354 e. The Morgan fingerprint density at radius 2 is 1.85 bits per heavy atom. The zero-order valence-electron chi connectivity index (χ0n) is 16.5. The van der Waals surface area contributed by atoms with Crippen molar-refractivity contribution in [1.29, 1.82) is 0 Å². The van der Waals surface area contributed by atoms with Crippen LogP contribution >= 0.6 is 0 Å². The van der Waals surface area contributed by atoms with E-state index in [0.29, 0.717) is 12.1 Å². The monoisotopic (exact) mass is 372 g/mol. The van der Waals surface area contributed by atoms with Gasteiger partial charge in [0.2, 0.25) is 0 Å². The molecule has 3 fully saturated rings. The first-order valence-electron chi connectivity index (χ1n) is 10.8. The van der Waals surface area contributed by atoms with Crippen LogP contribution in [-0.2, 0) is 0 Å². The first-order valence-corrected chi connectivity index (χ1v) is 10.8. The molecule has 148 valence electrons. The Labute approximate surface area is 162 Å². The molecule has 3 aliphatic rings. The van der Waals surface area contributed by atoms with Crippen molar-refractivity contribution in [3.05, 3.63) is 35.6 Å². The molecule has 1 aliphatic heterocycles. The summed E-state index contributed by atoms with van der Waals surface area (Å²) < 4.78 is 14.0. The van der Waals surface area contributed by atoms with Gasteiger partial charge in [0.1, 0.15) is 5.82 Å². The van der Waals surface area contributed by atoms with Crippen LogP contribution in [0.4, 0.5) is 4.39 Å². The van der Waals surface area contributed by atoms with Gasteiger partial charge in [-0.3, -0.25) is 4.99 Å². The molecule has 0 amide bonds. The molecule has 0 radical (unpaired) electrons. The number of halogens is 1. The van der Waals surface area contributed by atoms with Crippen LogP contribution in [0.5, 0.6) is 0 Å². The highest BCUT2D eigenvalue weighted by molar-refractivity contribution is 5.81. The Morgan fingerprint density at radius 3 is 2.56 bits per heavy atom. The summed E-state index contributed by atoms with van der Waals surface area (Å²) >= 11 is 0. The van der Waals surface area contributed by atoms with Gasteiger partial charge in [-0.05, 0) is 50.7 Å². The van der Waals surface area contributed by atoms with Gasteiger partial charge in [0.15, 0.2) is 5.96 Å². The zero-order chi connectivity index (χ0) is 18.6. The van der Waals surface area contributed by atoms with Gasteiger partial charge in [-0.15, -0.1) is 0 Å². The van der Waals surface area contributed by atoms with E-state index in [4.69, 9.17) is 0 Å². The molecule has 4 nitrogen and oxygen atoms in total. The fourth-order valence-electron chi connectivity index (χ4n) is 4.81. The first-order chi connectivity index (χ1) is 13.2. The Hall–Kier alpha value is -1.62. The fourth-order valence-corrected chi connectivity index (χ4v) is 4.81. The second-order valence-corrected chi connectivity index (χ2v) is 8.33. The average molecular weight is 373 g/mol. The summed E-state index contributed by atoms with van der Waals surface area (Å²) in [4.78, 5) is 7.33.